The second-order valence-corrected chi connectivity index (χ2v) is 9.70. The first-order valence-corrected chi connectivity index (χ1v) is 10.2. The molecular weight excluding hydrogens is 294 g/mol. The lowest BCUT2D eigenvalue weighted by Gasteiger charge is -2.58. The predicted octanol–water partition coefficient (Wildman–Crippen LogP) is 5.02. The molecule has 0 aromatic rings. The van der Waals surface area contributed by atoms with Gasteiger partial charge in [0, 0.05) is 18.7 Å². The Bertz CT molecular complexity index is 579. The maximum Gasteiger partial charge on any atom is 0.0577 e. The van der Waals surface area contributed by atoms with Gasteiger partial charge in [-0.2, -0.15) is 0 Å². The molecule has 3 saturated carbocycles. The largest absolute Gasteiger partial charge is 0.393 e. The van der Waals surface area contributed by atoms with Gasteiger partial charge >= 0.3 is 0 Å². The van der Waals surface area contributed by atoms with Crippen LogP contribution in [0.25, 0.3) is 0 Å². The van der Waals surface area contributed by atoms with Crippen molar-refractivity contribution in [1.82, 2.24) is 0 Å². The van der Waals surface area contributed by atoms with Gasteiger partial charge in [-0.25, -0.2) is 0 Å². The smallest absolute Gasteiger partial charge is 0.0577 e. The third-order valence-corrected chi connectivity index (χ3v) is 8.93. The highest BCUT2D eigenvalue weighted by atomic mass is 16.3. The van der Waals surface area contributed by atoms with Crippen LogP contribution in [0, 0.1) is 34.5 Å². The van der Waals surface area contributed by atoms with Crippen molar-refractivity contribution in [2.75, 3.05) is 7.05 Å². The fourth-order valence-corrected chi connectivity index (χ4v) is 7.48. The van der Waals surface area contributed by atoms with E-state index in [1.807, 2.05) is 7.05 Å². The molecule has 4 aliphatic carbocycles. The second kappa shape index (κ2) is 5.69. The molecular formula is C22H35NO. The van der Waals surface area contributed by atoms with Crippen LogP contribution in [-0.2, 0) is 0 Å². The van der Waals surface area contributed by atoms with Crippen LogP contribution < -0.4 is 0 Å². The van der Waals surface area contributed by atoms with Gasteiger partial charge in [-0.05, 0) is 86.9 Å². The lowest BCUT2D eigenvalue weighted by Crippen LogP contribution is -2.50. The van der Waals surface area contributed by atoms with Crippen LogP contribution in [0.5, 0.6) is 0 Å². The monoisotopic (exact) mass is 329 g/mol. The minimum absolute atomic E-state index is 0.0889. The fourth-order valence-electron chi connectivity index (χ4n) is 7.48. The molecule has 2 nitrogen and oxygen atoms in total. The van der Waals surface area contributed by atoms with Gasteiger partial charge in [0.2, 0.25) is 0 Å². The van der Waals surface area contributed by atoms with Crippen molar-refractivity contribution < 1.29 is 5.11 Å². The molecule has 3 fully saturated rings. The first-order chi connectivity index (χ1) is 11.4. The Hall–Kier alpha value is -0.630. The zero-order valence-electron chi connectivity index (χ0n) is 16.0. The van der Waals surface area contributed by atoms with E-state index in [2.05, 4.69) is 31.8 Å². The SMILES string of the molecule is CN=C(C)[C@H]1CCC2C3CC=C4CC(O)CC[C@]4(C)C3CC[C@@]21C. The molecule has 4 aliphatic rings. The van der Waals surface area contributed by atoms with Gasteiger partial charge < -0.3 is 5.11 Å². The van der Waals surface area contributed by atoms with Crippen molar-refractivity contribution >= 4 is 5.71 Å². The third-order valence-electron chi connectivity index (χ3n) is 8.93. The molecule has 7 atom stereocenters. The minimum atomic E-state index is -0.0889. The van der Waals surface area contributed by atoms with Crippen LogP contribution in [0.1, 0.15) is 72.1 Å². The van der Waals surface area contributed by atoms with Crippen LogP contribution in [0.3, 0.4) is 0 Å². The maximum atomic E-state index is 10.1. The van der Waals surface area contributed by atoms with E-state index in [9.17, 15) is 5.11 Å². The highest BCUT2D eigenvalue weighted by Crippen LogP contribution is 2.66. The molecule has 0 aromatic carbocycles. The number of allylic oxidation sites excluding steroid dienone is 1. The summed E-state index contributed by atoms with van der Waals surface area (Å²) in [5.74, 6) is 3.29. The van der Waals surface area contributed by atoms with E-state index in [0.717, 1.165) is 30.6 Å². The number of rotatable bonds is 1. The number of hydrogen-bond donors (Lipinski definition) is 1. The first kappa shape index (κ1) is 16.8. The van der Waals surface area contributed by atoms with E-state index in [1.54, 1.807) is 5.57 Å². The number of hydrogen-bond acceptors (Lipinski definition) is 2. The van der Waals surface area contributed by atoms with E-state index in [0.29, 0.717) is 16.7 Å². The first-order valence-electron chi connectivity index (χ1n) is 10.2. The number of fused-ring (bicyclic) bond motifs is 5. The summed E-state index contributed by atoms with van der Waals surface area (Å²) in [6, 6.07) is 0. The summed E-state index contributed by atoms with van der Waals surface area (Å²) in [6.07, 6.45) is 12.4. The standard InChI is InChI=1S/C22H35NO/c1-14(23-4)18-7-8-19-17-6-5-15-13-16(24)9-11-21(15,2)20(17)10-12-22(18,19)3/h5,16-20,24H,6-13H2,1-4H3/t16?,17?,18-,19?,20?,21+,22-/m1/s1. The van der Waals surface area contributed by atoms with Crippen LogP contribution in [0.4, 0.5) is 0 Å². The van der Waals surface area contributed by atoms with Gasteiger partial charge in [-0.1, -0.05) is 25.5 Å². The van der Waals surface area contributed by atoms with Crippen LogP contribution in [0.15, 0.2) is 16.6 Å². The second-order valence-electron chi connectivity index (χ2n) is 9.70. The van der Waals surface area contributed by atoms with Gasteiger partial charge in [0.25, 0.3) is 0 Å². The third kappa shape index (κ3) is 2.21. The summed E-state index contributed by atoms with van der Waals surface area (Å²) in [4.78, 5) is 4.58. The van der Waals surface area contributed by atoms with E-state index in [-0.39, 0.29) is 6.10 Å². The molecule has 4 rings (SSSR count). The molecule has 24 heavy (non-hydrogen) atoms. The highest BCUT2D eigenvalue weighted by molar-refractivity contribution is 5.85. The molecule has 2 heteroatoms. The molecule has 0 aliphatic heterocycles. The minimum Gasteiger partial charge on any atom is -0.393 e. The normalized spacial score (nSPS) is 51.5. The van der Waals surface area contributed by atoms with Crippen molar-refractivity contribution in [3.05, 3.63) is 11.6 Å². The summed E-state index contributed by atoms with van der Waals surface area (Å²) in [6.45, 7) is 7.36. The Morgan fingerprint density at radius 1 is 1.12 bits per heavy atom. The molecule has 0 amide bonds. The van der Waals surface area contributed by atoms with Gasteiger partial charge in [0.05, 0.1) is 6.10 Å². The summed E-state index contributed by atoms with van der Waals surface area (Å²) in [5, 5.41) is 10.1. The zero-order valence-corrected chi connectivity index (χ0v) is 16.0. The van der Waals surface area contributed by atoms with Crippen molar-refractivity contribution in [2.24, 2.45) is 39.5 Å². The van der Waals surface area contributed by atoms with Gasteiger partial charge in [0.15, 0.2) is 0 Å². The van der Waals surface area contributed by atoms with E-state index < -0.39 is 0 Å². The molecule has 0 saturated heterocycles. The molecule has 0 spiro atoms. The fraction of sp³-hybridized carbons (Fsp3) is 0.864. The average Bonchev–Trinajstić information content (AvgIpc) is 2.92. The number of aliphatic hydroxyl groups is 1. The average molecular weight is 330 g/mol. The van der Waals surface area contributed by atoms with Crippen LogP contribution in [0.2, 0.25) is 0 Å². The van der Waals surface area contributed by atoms with Crippen molar-refractivity contribution in [3.63, 3.8) is 0 Å². The zero-order chi connectivity index (χ0) is 17.1. The molecule has 0 radical (unpaired) electrons. The lowest BCUT2D eigenvalue weighted by molar-refractivity contribution is -0.0423. The Morgan fingerprint density at radius 3 is 2.67 bits per heavy atom. The highest BCUT2D eigenvalue weighted by Gasteiger charge is 2.58. The maximum absolute atomic E-state index is 10.1. The summed E-state index contributed by atoms with van der Waals surface area (Å²) in [7, 11) is 1.97. The molecule has 1 N–H and O–H groups in total. The van der Waals surface area contributed by atoms with Crippen LogP contribution in [-0.4, -0.2) is 24.0 Å². The van der Waals surface area contributed by atoms with E-state index in [1.165, 1.54) is 44.2 Å². The summed E-state index contributed by atoms with van der Waals surface area (Å²) >= 11 is 0. The number of aliphatic imine (C=N–C) groups is 1. The topological polar surface area (TPSA) is 32.6 Å². The van der Waals surface area contributed by atoms with E-state index >= 15 is 0 Å². The van der Waals surface area contributed by atoms with Gasteiger partial charge in [-0.15, -0.1) is 0 Å². The Labute approximate surface area is 147 Å². The predicted molar refractivity (Wildman–Crippen MR) is 100 cm³/mol. The Morgan fingerprint density at radius 2 is 1.92 bits per heavy atom. The number of nitrogens with zero attached hydrogens (tertiary/aromatic N) is 1. The van der Waals surface area contributed by atoms with Crippen molar-refractivity contribution in [3.8, 4) is 0 Å². The molecule has 4 unspecified atom stereocenters. The van der Waals surface area contributed by atoms with Gasteiger partial charge in [-0.3, -0.25) is 4.99 Å². The Kier molecular flexibility index (Phi) is 3.99. The molecule has 0 bridgehead atoms. The summed E-state index contributed by atoms with van der Waals surface area (Å²) < 4.78 is 0. The lowest BCUT2D eigenvalue weighted by atomic mass is 9.47. The summed E-state index contributed by atoms with van der Waals surface area (Å²) in [5.41, 5.74) is 3.82. The molecule has 134 valence electrons. The molecule has 0 heterocycles. The number of aliphatic hydroxyl groups excluding tert-OH is 1. The van der Waals surface area contributed by atoms with E-state index in [4.69, 9.17) is 0 Å². The van der Waals surface area contributed by atoms with Crippen molar-refractivity contribution in [1.29, 1.82) is 0 Å². The molecule has 0 aromatic heterocycles. The quantitative estimate of drug-likeness (QED) is 0.532. The van der Waals surface area contributed by atoms with Crippen molar-refractivity contribution in [2.45, 2.75) is 78.2 Å². The van der Waals surface area contributed by atoms with Crippen LogP contribution >= 0.6 is 0 Å². The Balaban J connectivity index is 1.65. The van der Waals surface area contributed by atoms with Gasteiger partial charge in [0.1, 0.15) is 0 Å².